The first kappa shape index (κ1) is 22.3. The highest BCUT2D eigenvalue weighted by molar-refractivity contribution is 5.98. The number of halogens is 1. The normalized spacial score (nSPS) is 10.4. The molecule has 2 aromatic rings. The minimum Gasteiger partial charge on any atom is -0.456 e. The second-order valence-corrected chi connectivity index (χ2v) is 6.77. The quantitative estimate of drug-likeness (QED) is 0.338. The van der Waals surface area contributed by atoms with Gasteiger partial charge in [0.2, 0.25) is 0 Å². The minimum absolute atomic E-state index is 0.00292. The van der Waals surface area contributed by atoms with Crippen LogP contribution in [0.25, 0.3) is 0 Å². The van der Waals surface area contributed by atoms with Crippen molar-refractivity contribution in [3.8, 4) is 0 Å². The molecular formula is C23H26FNO4. The number of hydrogen-bond acceptors (Lipinski definition) is 4. The standard InChI is InChI=1S/C23H26FNO4/c1-2-3-4-7-17-10-12-18(13-11-17)21(26)14-15-23(28)29-16-22(27)25-20-9-6-5-8-19(20)24/h5-6,8-13H,2-4,7,14-16H2,1H3,(H,25,27). The summed E-state index contributed by atoms with van der Waals surface area (Å²) in [6.07, 6.45) is 4.34. The van der Waals surface area contributed by atoms with E-state index in [9.17, 15) is 18.8 Å². The summed E-state index contributed by atoms with van der Waals surface area (Å²) in [4.78, 5) is 35.7. The lowest BCUT2D eigenvalue weighted by Crippen LogP contribution is -2.21. The van der Waals surface area contributed by atoms with Crippen LogP contribution in [-0.2, 0) is 20.7 Å². The van der Waals surface area contributed by atoms with Crippen LogP contribution in [0.4, 0.5) is 10.1 Å². The van der Waals surface area contributed by atoms with Gasteiger partial charge in [-0.3, -0.25) is 14.4 Å². The number of benzene rings is 2. The average Bonchev–Trinajstić information content (AvgIpc) is 2.73. The molecule has 2 aromatic carbocycles. The highest BCUT2D eigenvalue weighted by atomic mass is 19.1. The number of anilines is 1. The van der Waals surface area contributed by atoms with E-state index in [0.29, 0.717) is 5.56 Å². The molecule has 0 spiro atoms. The number of nitrogens with one attached hydrogen (secondary N) is 1. The van der Waals surface area contributed by atoms with Gasteiger partial charge < -0.3 is 10.1 Å². The maximum atomic E-state index is 13.5. The highest BCUT2D eigenvalue weighted by Gasteiger charge is 2.13. The van der Waals surface area contributed by atoms with Crippen LogP contribution >= 0.6 is 0 Å². The van der Waals surface area contributed by atoms with E-state index in [1.807, 2.05) is 12.1 Å². The number of hydrogen-bond donors (Lipinski definition) is 1. The Morgan fingerprint density at radius 2 is 1.69 bits per heavy atom. The second-order valence-electron chi connectivity index (χ2n) is 6.77. The third kappa shape index (κ3) is 7.86. The first-order valence-corrected chi connectivity index (χ1v) is 9.81. The van der Waals surface area contributed by atoms with Crippen molar-refractivity contribution in [1.82, 2.24) is 0 Å². The number of carbonyl (C=O) groups excluding carboxylic acids is 3. The molecule has 0 aliphatic rings. The Balaban J connectivity index is 1.70. The lowest BCUT2D eigenvalue weighted by atomic mass is 10.0. The topological polar surface area (TPSA) is 72.5 Å². The van der Waals surface area contributed by atoms with Crippen LogP contribution in [0.2, 0.25) is 0 Å². The van der Waals surface area contributed by atoms with E-state index >= 15 is 0 Å². The SMILES string of the molecule is CCCCCc1ccc(C(=O)CCC(=O)OCC(=O)Nc2ccccc2F)cc1. The Morgan fingerprint density at radius 3 is 2.38 bits per heavy atom. The van der Waals surface area contributed by atoms with Gasteiger partial charge in [-0.05, 0) is 30.5 Å². The Bertz CT molecular complexity index is 833. The van der Waals surface area contributed by atoms with E-state index in [0.717, 1.165) is 19.3 Å². The van der Waals surface area contributed by atoms with Crippen LogP contribution in [-0.4, -0.2) is 24.3 Å². The third-order valence-corrected chi connectivity index (χ3v) is 4.41. The van der Waals surface area contributed by atoms with Crippen molar-refractivity contribution in [3.63, 3.8) is 0 Å². The van der Waals surface area contributed by atoms with Crippen molar-refractivity contribution in [2.45, 2.75) is 45.4 Å². The van der Waals surface area contributed by atoms with Gasteiger partial charge in [0, 0.05) is 12.0 Å². The zero-order valence-corrected chi connectivity index (χ0v) is 16.6. The van der Waals surface area contributed by atoms with Crippen molar-refractivity contribution in [3.05, 3.63) is 65.5 Å². The van der Waals surface area contributed by atoms with E-state index in [1.54, 1.807) is 18.2 Å². The Morgan fingerprint density at radius 1 is 0.966 bits per heavy atom. The van der Waals surface area contributed by atoms with Gasteiger partial charge in [-0.1, -0.05) is 56.2 Å². The summed E-state index contributed by atoms with van der Waals surface area (Å²) >= 11 is 0. The first-order valence-electron chi connectivity index (χ1n) is 9.81. The number of ketones is 1. The number of carbonyl (C=O) groups is 3. The van der Waals surface area contributed by atoms with Crippen LogP contribution in [0, 0.1) is 5.82 Å². The summed E-state index contributed by atoms with van der Waals surface area (Å²) < 4.78 is 18.3. The number of Topliss-reactive ketones (excluding diaryl/α,β-unsaturated/α-hetero) is 1. The van der Waals surface area contributed by atoms with E-state index in [2.05, 4.69) is 12.2 Å². The van der Waals surface area contributed by atoms with Gasteiger partial charge in [0.05, 0.1) is 12.1 Å². The predicted molar refractivity (Wildman–Crippen MR) is 109 cm³/mol. The molecule has 1 amide bonds. The fraction of sp³-hybridized carbons (Fsp3) is 0.348. The molecule has 5 nitrogen and oxygen atoms in total. The lowest BCUT2D eigenvalue weighted by molar-refractivity contribution is -0.147. The molecule has 0 aliphatic carbocycles. The molecule has 2 rings (SSSR count). The number of esters is 1. The van der Waals surface area contributed by atoms with Crippen LogP contribution in [0.5, 0.6) is 0 Å². The van der Waals surface area contributed by atoms with Gasteiger partial charge in [0.25, 0.3) is 5.91 Å². The van der Waals surface area contributed by atoms with E-state index in [1.165, 1.54) is 30.2 Å². The maximum absolute atomic E-state index is 13.5. The molecular weight excluding hydrogens is 373 g/mol. The number of ether oxygens (including phenoxy) is 1. The monoisotopic (exact) mass is 399 g/mol. The first-order chi connectivity index (χ1) is 14.0. The van der Waals surface area contributed by atoms with Gasteiger partial charge in [-0.2, -0.15) is 0 Å². The Hall–Kier alpha value is -3.02. The molecule has 0 fully saturated rings. The molecule has 0 atom stereocenters. The van der Waals surface area contributed by atoms with Crippen LogP contribution < -0.4 is 5.32 Å². The minimum atomic E-state index is -0.654. The summed E-state index contributed by atoms with van der Waals surface area (Å²) in [5.41, 5.74) is 1.76. The van der Waals surface area contributed by atoms with Crippen LogP contribution in [0.15, 0.2) is 48.5 Å². The average molecular weight is 399 g/mol. The highest BCUT2D eigenvalue weighted by Crippen LogP contribution is 2.13. The summed E-state index contributed by atoms with van der Waals surface area (Å²) in [5.74, 6) is -2.03. The van der Waals surface area contributed by atoms with Crippen molar-refractivity contribution in [2.75, 3.05) is 11.9 Å². The van der Waals surface area contributed by atoms with E-state index < -0.39 is 24.3 Å². The Kier molecular flexibility index (Phi) is 9.02. The van der Waals surface area contributed by atoms with Crippen molar-refractivity contribution >= 4 is 23.3 Å². The number of rotatable bonds is 11. The second kappa shape index (κ2) is 11.7. The fourth-order valence-corrected chi connectivity index (χ4v) is 2.76. The molecule has 0 unspecified atom stereocenters. The van der Waals surface area contributed by atoms with Gasteiger partial charge in [0.15, 0.2) is 12.4 Å². The largest absolute Gasteiger partial charge is 0.456 e. The van der Waals surface area contributed by atoms with E-state index in [-0.39, 0.29) is 24.3 Å². The molecule has 0 heterocycles. The third-order valence-electron chi connectivity index (χ3n) is 4.41. The summed E-state index contributed by atoms with van der Waals surface area (Å²) in [6.45, 7) is 1.62. The Labute approximate surface area is 170 Å². The lowest BCUT2D eigenvalue weighted by Gasteiger charge is -2.07. The van der Waals surface area contributed by atoms with Crippen molar-refractivity contribution in [2.24, 2.45) is 0 Å². The number of aryl methyl sites for hydroxylation is 1. The summed E-state index contributed by atoms with van der Waals surface area (Å²) in [7, 11) is 0. The number of unbranched alkanes of at least 4 members (excludes halogenated alkanes) is 2. The molecule has 0 saturated carbocycles. The fourth-order valence-electron chi connectivity index (χ4n) is 2.76. The number of amides is 1. The molecule has 0 aliphatic heterocycles. The molecule has 1 N–H and O–H groups in total. The van der Waals surface area contributed by atoms with Gasteiger partial charge in [-0.15, -0.1) is 0 Å². The molecule has 0 radical (unpaired) electrons. The van der Waals surface area contributed by atoms with Gasteiger partial charge in [-0.25, -0.2) is 4.39 Å². The molecule has 0 bridgehead atoms. The van der Waals surface area contributed by atoms with E-state index in [4.69, 9.17) is 4.74 Å². The van der Waals surface area contributed by atoms with Gasteiger partial charge >= 0.3 is 5.97 Å². The summed E-state index contributed by atoms with van der Waals surface area (Å²) in [5, 5.41) is 2.32. The van der Waals surface area contributed by atoms with Crippen LogP contribution in [0.3, 0.4) is 0 Å². The maximum Gasteiger partial charge on any atom is 0.306 e. The predicted octanol–water partition coefficient (Wildman–Crippen LogP) is 4.70. The molecule has 29 heavy (non-hydrogen) atoms. The zero-order valence-electron chi connectivity index (χ0n) is 16.6. The molecule has 0 aromatic heterocycles. The van der Waals surface area contributed by atoms with Crippen molar-refractivity contribution < 1.29 is 23.5 Å². The summed E-state index contributed by atoms with van der Waals surface area (Å²) in [6, 6.07) is 13.1. The smallest absolute Gasteiger partial charge is 0.306 e. The van der Waals surface area contributed by atoms with Gasteiger partial charge in [0.1, 0.15) is 5.82 Å². The van der Waals surface area contributed by atoms with Crippen LogP contribution in [0.1, 0.15) is 54.9 Å². The molecule has 0 saturated heterocycles. The number of para-hydroxylation sites is 1. The molecule has 154 valence electrons. The van der Waals surface area contributed by atoms with Crippen molar-refractivity contribution in [1.29, 1.82) is 0 Å². The zero-order chi connectivity index (χ0) is 21.1. The molecule has 6 heteroatoms.